The van der Waals surface area contributed by atoms with Gasteiger partial charge in [0.25, 0.3) is 5.91 Å². The monoisotopic (exact) mass is 354 g/mol. The summed E-state index contributed by atoms with van der Waals surface area (Å²) in [6.45, 7) is 3.27. The van der Waals surface area contributed by atoms with Crippen molar-refractivity contribution in [1.82, 2.24) is 4.98 Å². The maximum atomic E-state index is 12.6. The van der Waals surface area contributed by atoms with Gasteiger partial charge in [0, 0.05) is 36.0 Å². The minimum atomic E-state index is -0.209. The lowest BCUT2D eigenvalue weighted by molar-refractivity contribution is 0.103. The fourth-order valence-electron chi connectivity index (χ4n) is 2.88. The Hall–Kier alpha value is -2.64. The fourth-order valence-corrected chi connectivity index (χ4v) is 3.84. The van der Waals surface area contributed by atoms with Gasteiger partial charge in [0.2, 0.25) is 0 Å². The average Bonchev–Trinajstić information content (AvgIpc) is 3.00. The Kier molecular flexibility index (Phi) is 4.25. The van der Waals surface area contributed by atoms with Gasteiger partial charge in [0.15, 0.2) is 0 Å². The summed E-state index contributed by atoms with van der Waals surface area (Å²) in [5.74, 6) is -0.209. The van der Waals surface area contributed by atoms with Crippen LogP contribution in [0.3, 0.4) is 0 Å². The van der Waals surface area contributed by atoms with Crippen LogP contribution in [0, 0.1) is 0 Å². The summed E-state index contributed by atoms with van der Waals surface area (Å²) in [4.78, 5) is 20.3. The van der Waals surface area contributed by atoms with Crippen LogP contribution in [0.25, 0.3) is 10.2 Å². The van der Waals surface area contributed by atoms with Gasteiger partial charge in [-0.05, 0) is 36.4 Å². The molecule has 25 heavy (non-hydrogen) atoms. The first-order valence-corrected chi connectivity index (χ1v) is 8.91. The van der Waals surface area contributed by atoms with Crippen molar-refractivity contribution in [3.8, 4) is 0 Å². The number of nitrogens with two attached hydrogens (primary N) is 1. The number of aromatic nitrogens is 1. The highest BCUT2D eigenvalue weighted by atomic mass is 32.1. The van der Waals surface area contributed by atoms with Gasteiger partial charge in [-0.2, -0.15) is 0 Å². The molecule has 2 aromatic heterocycles. The number of amides is 1. The summed E-state index contributed by atoms with van der Waals surface area (Å²) in [5, 5.41) is 3.73. The van der Waals surface area contributed by atoms with Gasteiger partial charge < -0.3 is 20.7 Å². The third-order valence-corrected chi connectivity index (χ3v) is 5.34. The fraction of sp³-hybridized carbons (Fsp3) is 0.222. The van der Waals surface area contributed by atoms with Crippen LogP contribution in [0.2, 0.25) is 0 Å². The minimum absolute atomic E-state index is 0.209. The summed E-state index contributed by atoms with van der Waals surface area (Å²) < 4.78 is 5.37. The number of anilines is 3. The predicted octanol–water partition coefficient (Wildman–Crippen LogP) is 2.97. The van der Waals surface area contributed by atoms with Gasteiger partial charge in [0.05, 0.1) is 18.9 Å². The third-order valence-electron chi connectivity index (χ3n) is 4.21. The highest BCUT2D eigenvalue weighted by Crippen LogP contribution is 2.32. The molecule has 3 N–H and O–H groups in total. The molecule has 1 amide bonds. The van der Waals surface area contributed by atoms with Crippen molar-refractivity contribution in [3.63, 3.8) is 0 Å². The Morgan fingerprint density at radius 2 is 1.96 bits per heavy atom. The standard InChI is InChI=1S/C18H18N4O2S/c19-15-14-2-1-7-20-18(14)25-16(15)17(23)21-12-3-5-13(6-4-12)22-8-10-24-11-9-22/h1-7H,8-11,19H2,(H,21,23). The highest BCUT2D eigenvalue weighted by molar-refractivity contribution is 7.21. The van der Waals surface area contributed by atoms with Crippen LogP contribution in [-0.4, -0.2) is 37.2 Å². The van der Waals surface area contributed by atoms with Crippen LogP contribution in [0.15, 0.2) is 42.6 Å². The molecule has 0 radical (unpaired) electrons. The highest BCUT2D eigenvalue weighted by Gasteiger charge is 2.17. The first-order chi connectivity index (χ1) is 12.2. The van der Waals surface area contributed by atoms with Gasteiger partial charge in [-0.25, -0.2) is 4.98 Å². The smallest absolute Gasteiger partial charge is 0.267 e. The van der Waals surface area contributed by atoms with E-state index in [0.717, 1.165) is 47.9 Å². The van der Waals surface area contributed by atoms with Crippen LogP contribution in [0.1, 0.15) is 9.67 Å². The van der Waals surface area contributed by atoms with Crippen molar-refractivity contribution in [2.24, 2.45) is 0 Å². The number of morpholine rings is 1. The summed E-state index contributed by atoms with van der Waals surface area (Å²) in [7, 11) is 0. The second-order valence-corrected chi connectivity index (χ2v) is 6.80. The molecule has 0 atom stereocenters. The molecule has 0 saturated carbocycles. The molecular formula is C18H18N4O2S. The van der Waals surface area contributed by atoms with E-state index in [9.17, 15) is 4.79 Å². The maximum absolute atomic E-state index is 12.6. The first-order valence-electron chi connectivity index (χ1n) is 8.09. The molecule has 6 nitrogen and oxygen atoms in total. The van der Waals surface area contributed by atoms with Crippen molar-refractivity contribution in [2.75, 3.05) is 42.3 Å². The van der Waals surface area contributed by atoms with Crippen molar-refractivity contribution in [1.29, 1.82) is 0 Å². The van der Waals surface area contributed by atoms with Crippen LogP contribution in [-0.2, 0) is 4.74 Å². The Morgan fingerprint density at radius 3 is 2.68 bits per heavy atom. The lowest BCUT2D eigenvalue weighted by atomic mass is 10.2. The topological polar surface area (TPSA) is 80.5 Å². The molecule has 1 aliphatic heterocycles. The Labute approximate surface area is 149 Å². The quantitative estimate of drug-likeness (QED) is 0.756. The molecule has 3 heterocycles. The zero-order chi connectivity index (χ0) is 17.2. The molecule has 1 fully saturated rings. The Morgan fingerprint density at radius 1 is 1.20 bits per heavy atom. The number of thiophene rings is 1. The molecule has 4 rings (SSSR count). The number of nitrogens with one attached hydrogen (secondary N) is 1. The minimum Gasteiger partial charge on any atom is -0.397 e. The number of nitrogens with zero attached hydrogens (tertiary/aromatic N) is 2. The summed E-state index contributed by atoms with van der Waals surface area (Å²) >= 11 is 1.31. The van der Waals surface area contributed by atoms with Crippen LogP contribution < -0.4 is 16.0 Å². The van der Waals surface area contributed by atoms with Crippen LogP contribution in [0.5, 0.6) is 0 Å². The number of carbonyl (C=O) groups excluding carboxylic acids is 1. The van der Waals surface area contributed by atoms with Gasteiger partial charge in [0.1, 0.15) is 9.71 Å². The lowest BCUT2D eigenvalue weighted by Gasteiger charge is -2.28. The Bertz CT molecular complexity index is 901. The molecule has 1 aliphatic rings. The van der Waals surface area contributed by atoms with Crippen molar-refractivity contribution < 1.29 is 9.53 Å². The van der Waals surface area contributed by atoms with Crippen molar-refractivity contribution in [2.45, 2.75) is 0 Å². The zero-order valence-electron chi connectivity index (χ0n) is 13.6. The third kappa shape index (κ3) is 3.16. The van der Waals surface area contributed by atoms with Gasteiger partial charge >= 0.3 is 0 Å². The Balaban J connectivity index is 1.51. The predicted molar refractivity (Wildman–Crippen MR) is 101 cm³/mol. The maximum Gasteiger partial charge on any atom is 0.267 e. The summed E-state index contributed by atoms with van der Waals surface area (Å²) in [6, 6.07) is 11.5. The van der Waals surface area contributed by atoms with E-state index in [0.29, 0.717) is 10.6 Å². The van der Waals surface area contributed by atoms with Crippen molar-refractivity contribution in [3.05, 3.63) is 47.5 Å². The number of rotatable bonds is 3. The van der Waals surface area contributed by atoms with Gasteiger partial charge in [-0.15, -0.1) is 11.3 Å². The molecular weight excluding hydrogens is 336 g/mol. The number of fused-ring (bicyclic) bond motifs is 1. The van der Waals surface area contributed by atoms with E-state index in [2.05, 4.69) is 15.2 Å². The summed E-state index contributed by atoms with van der Waals surface area (Å²) in [5.41, 5.74) is 8.46. The van der Waals surface area contributed by atoms with Crippen LogP contribution >= 0.6 is 11.3 Å². The molecule has 0 aliphatic carbocycles. The summed E-state index contributed by atoms with van der Waals surface area (Å²) in [6.07, 6.45) is 1.70. The van der Waals surface area contributed by atoms with Gasteiger partial charge in [-0.1, -0.05) is 0 Å². The number of carbonyl (C=O) groups is 1. The van der Waals surface area contributed by atoms with E-state index in [1.165, 1.54) is 11.3 Å². The number of pyridine rings is 1. The number of hydrogen-bond acceptors (Lipinski definition) is 6. The molecule has 1 aromatic carbocycles. The number of nitrogen functional groups attached to an aromatic ring is 1. The molecule has 0 unspecified atom stereocenters. The van der Waals surface area contributed by atoms with Gasteiger partial charge in [-0.3, -0.25) is 4.79 Å². The van der Waals surface area contributed by atoms with Crippen LogP contribution in [0.4, 0.5) is 17.1 Å². The normalized spacial score (nSPS) is 14.6. The largest absolute Gasteiger partial charge is 0.397 e. The molecule has 0 bridgehead atoms. The number of ether oxygens (including phenoxy) is 1. The van der Waals surface area contributed by atoms with E-state index in [1.54, 1.807) is 6.20 Å². The van der Waals surface area contributed by atoms with E-state index in [-0.39, 0.29) is 5.91 Å². The molecule has 3 aromatic rings. The zero-order valence-corrected chi connectivity index (χ0v) is 14.4. The average molecular weight is 354 g/mol. The molecule has 128 valence electrons. The van der Waals surface area contributed by atoms with Crippen molar-refractivity contribution >= 4 is 44.5 Å². The SMILES string of the molecule is Nc1c(C(=O)Nc2ccc(N3CCOCC3)cc2)sc2ncccc12. The lowest BCUT2D eigenvalue weighted by Crippen LogP contribution is -2.36. The second kappa shape index (κ2) is 6.70. The van der Waals surface area contributed by atoms with E-state index < -0.39 is 0 Å². The molecule has 7 heteroatoms. The molecule has 0 spiro atoms. The van der Waals surface area contributed by atoms with E-state index in [4.69, 9.17) is 10.5 Å². The first kappa shape index (κ1) is 15.9. The number of hydrogen-bond donors (Lipinski definition) is 2. The van der Waals surface area contributed by atoms with E-state index in [1.807, 2.05) is 36.4 Å². The molecule has 1 saturated heterocycles. The second-order valence-electron chi connectivity index (χ2n) is 5.80. The number of benzene rings is 1. The van der Waals surface area contributed by atoms with E-state index >= 15 is 0 Å².